The van der Waals surface area contributed by atoms with Gasteiger partial charge in [0.15, 0.2) is 11.5 Å². The second-order valence-electron chi connectivity index (χ2n) is 6.67. The number of aryl methyl sites for hydroxylation is 1. The van der Waals surface area contributed by atoms with Crippen molar-refractivity contribution in [3.05, 3.63) is 29.7 Å². The van der Waals surface area contributed by atoms with Crippen LogP contribution in [0.2, 0.25) is 0 Å². The van der Waals surface area contributed by atoms with Crippen LogP contribution in [0.3, 0.4) is 0 Å². The second-order valence-corrected chi connectivity index (χ2v) is 6.67. The van der Waals surface area contributed by atoms with E-state index >= 15 is 0 Å². The van der Waals surface area contributed by atoms with Gasteiger partial charge in [0, 0.05) is 39.6 Å². The number of benzene rings is 1. The number of amides is 3. The quantitative estimate of drug-likeness (QED) is 0.910. The van der Waals surface area contributed by atoms with E-state index in [1.165, 1.54) is 0 Å². The molecule has 1 aromatic carbocycles. The Morgan fingerprint density at radius 1 is 1.19 bits per heavy atom. The number of hydrogen-bond donors (Lipinski definition) is 1. The molecular formula is C19H26N4O3. The number of rotatable bonds is 4. The zero-order valence-corrected chi connectivity index (χ0v) is 15.5. The lowest BCUT2D eigenvalue weighted by Crippen LogP contribution is -2.43. The number of carbonyl (C=O) groups excluding carboxylic acids is 2. The molecule has 3 amide bonds. The van der Waals surface area contributed by atoms with Crippen LogP contribution in [0, 0.1) is 6.92 Å². The molecule has 0 aliphatic carbocycles. The van der Waals surface area contributed by atoms with Gasteiger partial charge < -0.3 is 19.5 Å². The number of urea groups is 1. The molecule has 1 aromatic heterocycles. The minimum Gasteiger partial charge on any atom is -0.441 e. The highest BCUT2D eigenvalue weighted by molar-refractivity contribution is 5.81. The summed E-state index contributed by atoms with van der Waals surface area (Å²) < 4.78 is 5.54. The third-order valence-electron chi connectivity index (χ3n) is 4.58. The van der Waals surface area contributed by atoms with Crippen molar-refractivity contribution < 1.29 is 14.0 Å². The lowest BCUT2D eigenvalue weighted by atomic mass is 10.1. The van der Waals surface area contributed by atoms with Crippen molar-refractivity contribution in [1.82, 2.24) is 20.1 Å². The van der Waals surface area contributed by atoms with Crippen molar-refractivity contribution in [3.63, 3.8) is 0 Å². The van der Waals surface area contributed by atoms with Gasteiger partial charge in [-0.05, 0) is 30.5 Å². The van der Waals surface area contributed by atoms with Gasteiger partial charge in [0.2, 0.25) is 5.91 Å². The van der Waals surface area contributed by atoms with Crippen LogP contribution < -0.4 is 5.32 Å². The average Bonchev–Trinajstić information content (AvgIpc) is 2.82. The molecule has 0 spiro atoms. The largest absolute Gasteiger partial charge is 0.441 e. The van der Waals surface area contributed by atoms with Crippen LogP contribution in [0.15, 0.2) is 22.6 Å². The summed E-state index contributed by atoms with van der Waals surface area (Å²) in [6.07, 6.45) is 2.04. The maximum atomic E-state index is 12.7. The number of hydrogen-bond acceptors (Lipinski definition) is 4. The van der Waals surface area contributed by atoms with Crippen molar-refractivity contribution in [2.24, 2.45) is 0 Å². The molecule has 1 aliphatic heterocycles. The first kappa shape index (κ1) is 18.2. The molecule has 2 aromatic rings. The minimum absolute atomic E-state index is 0.0349. The van der Waals surface area contributed by atoms with Crippen molar-refractivity contribution >= 4 is 23.0 Å². The first-order valence-corrected chi connectivity index (χ1v) is 9.23. The van der Waals surface area contributed by atoms with E-state index in [2.05, 4.69) is 10.3 Å². The summed E-state index contributed by atoms with van der Waals surface area (Å²) in [5.74, 6) is 0.703. The van der Waals surface area contributed by atoms with Crippen LogP contribution in [0.1, 0.15) is 31.2 Å². The third-order valence-corrected chi connectivity index (χ3v) is 4.58. The lowest BCUT2D eigenvalue weighted by Gasteiger charge is -2.22. The number of nitrogens with zero attached hydrogens (tertiary/aromatic N) is 3. The van der Waals surface area contributed by atoms with E-state index in [1.54, 1.807) is 4.90 Å². The monoisotopic (exact) mass is 358 g/mol. The normalized spacial score (nSPS) is 15.2. The molecule has 3 rings (SSSR count). The molecule has 7 heteroatoms. The molecule has 140 valence electrons. The Labute approximate surface area is 153 Å². The fourth-order valence-corrected chi connectivity index (χ4v) is 3.19. The standard InChI is InChI=1S/C19H26N4O3/c1-3-7-20-19(25)23-9-4-8-22(10-11-23)18(24)13-15-5-6-16-17(12-15)26-14(2)21-16/h5-6,12H,3-4,7-11,13H2,1-2H3,(H,20,25). The summed E-state index contributed by atoms with van der Waals surface area (Å²) in [6, 6.07) is 5.66. The van der Waals surface area contributed by atoms with Crippen molar-refractivity contribution in [3.8, 4) is 0 Å². The van der Waals surface area contributed by atoms with E-state index < -0.39 is 0 Å². The SMILES string of the molecule is CCCNC(=O)N1CCCN(C(=O)Cc2ccc3nc(C)oc3c2)CC1. The van der Waals surface area contributed by atoms with E-state index in [9.17, 15) is 9.59 Å². The molecule has 0 unspecified atom stereocenters. The van der Waals surface area contributed by atoms with Gasteiger partial charge in [-0.15, -0.1) is 0 Å². The number of oxazole rings is 1. The van der Waals surface area contributed by atoms with E-state index in [4.69, 9.17) is 4.42 Å². The molecule has 26 heavy (non-hydrogen) atoms. The molecule has 0 radical (unpaired) electrons. The van der Waals surface area contributed by atoms with Crippen LogP contribution in [-0.2, 0) is 11.2 Å². The summed E-state index contributed by atoms with van der Waals surface area (Å²) in [5, 5.41) is 2.90. The van der Waals surface area contributed by atoms with E-state index in [-0.39, 0.29) is 11.9 Å². The summed E-state index contributed by atoms with van der Waals surface area (Å²) in [4.78, 5) is 32.7. The predicted octanol–water partition coefficient (Wildman–Crippen LogP) is 2.33. The minimum atomic E-state index is -0.0349. The van der Waals surface area contributed by atoms with Crippen LogP contribution >= 0.6 is 0 Å². The van der Waals surface area contributed by atoms with Gasteiger partial charge in [0.05, 0.1) is 6.42 Å². The molecular weight excluding hydrogens is 332 g/mol. The van der Waals surface area contributed by atoms with E-state index in [1.807, 2.05) is 36.9 Å². The maximum Gasteiger partial charge on any atom is 0.317 e. The van der Waals surface area contributed by atoms with Crippen molar-refractivity contribution in [2.75, 3.05) is 32.7 Å². The fourth-order valence-electron chi connectivity index (χ4n) is 3.19. The number of aromatic nitrogens is 1. The maximum absolute atomic E-state index is 12.7. The lowest BCUT2D eigenvalue weighted by molar-refractivity contribution is -0.130. The Balaban J connectivity index is 1.58. The van der Waals surface area contributed by atoms with Gasteiger partial charge in [-0.2, -0.15) is 0 Å². The van der Waals surface area contributed by atoms with E-state index in [0.717, 1.165) is 23.9 Å². The highest BCUT2D eigenvalue weighted by Gasteiger charge is 2.22. The fraction of sp³-hybridized carbons (Fsp3) is 0.526. The predicted molar refractivity (Wildman–Crippen MR) is 98.9 cm³/mol. The smallest absolute Gasteiger partial charge is 0.317 e. The van der Waals surface area contributed by atoms with Crippen LogP contribution in [-0.4, -0.2) is 59.4 Å². The van der Waals surface area contributed by atoms with Crippen molar-refractivity contribution in [2.45, 2.75) is 33.1 Å². The van der Waals surface area contributed by atoms with E-state index in [0.29, 0.717) is 50.6 Å². The number of carbonyl (C=O) groups is 2. The zero-order chi connectivity index (χ0) is 18.5. The zero-order valence-electron chi connectivity index (χ0n) is 15.5. The Morgan fingerprint density at radius 3 is 2.77 bits per heavy atom. The highest BCUT2D eigenvalue weighted by Crippen LogP contribution is 2.18. The summed E-state index contributed by atoms with van der Waals surface area (Å²) in [7, 11) is 0. The molecule has 1 N–H and O–H groups in total. The van der Waals surface area contributed by atoms with Crippen molar-refractivity contribution in [1.29, 1.82) is 0 Å². The van der Waals surface area contributed by atoms with Gasteiger partial charge >= 0.3 is 6.03 Å². The topological polar surface area (TPSA) is 78.7 Å². The molecule has 0 atom stereocenters. The summed E-state index contributed by atoms with van der Waals surface area (Å²) >= 11 is 0. The molecule has 0 bridgehead atoms. The van der Waals surface area contributed by atoms with Gasteiger partial charge in [-0.1, -0.05) is 13.0 Å². The molecule has 2 heterocycles. The molecule has 0 saturated carbocycles. The van der Waals surface area contributed by atoms with Gasteiger partial charge in [0.25, 0.3) is 0 Å². The molecule has 1 aliphatic rings. The van der Waals surface area contributed by atoms with Gasteiger partial charge in [0.1, 0.15) is 5.52 Å². The Kier molecular flexibility index (Phi) is 5.75. The summed E-state index contributed by atoms with van der Waals surface area (Å²) in [5.41, 5.74) is 2.44. The molecule has 7 nitrogen and oxygen atoms in total. The summed E-state index contributed by atoms with van der Waals surface area (Å²) in [6.45, 7) is 7.03. The number of nitrogens with one attached hydrogen (secondary N) is 1. The Bertz CT molecular complexity index is 786. The first-order chi connectivity index (χ1) is 12.6. The Hall–Kier alpha value is -2.57. The molecule has 1 saturated heterocycles. The average molecular weight is 358 g/mol. The highest BCUT2D eigenvalue weighted by atomic mass is 16.3. The Morgan fingerprint density at radius 2 is 1.96 bits per heavy atom. The van der Waals surface area contributed by atoms with Crippen LogP contribution in [0.25, 0.3) is 11.1 Å². The van der Waals surface area contributed by atoms with Crippen LogP contribution in [0.4, 0.5) is 4.79 Å². The molecule has 1 fully saturated rings. The second kappa shape index (κ2) is 8.21. The van der Waals surface area contributed by atoms with Gasteiger partial charge in [-0.25, -0.2) is 9.78 Å². The van der Waals surface area contributed by atoms with Crippen LogP contribution in [0.5, 0.6) is 0 Å². The third kappa shape index (κ3) is 4.33. The van der Waals surface area contributed by atoms with Gasteiger partial charge in [-0.3, -0.25) is 4.79 Å². The first-order valence-electron chi connectivity index (χ1n) is 9.23. The number of fused-ring (bicyclic) bond motifs is 1.